The Morgan fingerprint density at radius 3 is 2.64 bits per heavy atom. The molecule has 0 aliphatic carbocycles. The molecule has 1 saturated heterocycles. The number of hydrogen-bond donors (Lipinski definition) is 1. The quantitative estimate of drug-likeness (QED) is 0.592. The first kappa shape index (κ1) is 20.3. The number of sulfone groups is 1. The molecule has 0 unspecified atom stereocenters. The molecular weight excluding hydrogens is 376 g/mol. The van der Waals surface area contributed by atoms with Crippen LogP contribution in [-0.4, -0.2) is 41.8 Å². The average molecular weight is 403 g/mol. The van der Waals surface area contributed by atoms with Crippen LogP contribution in [0.15, 0.2) is 29.4 Å². The van der Waals surface area contributed by atoms with Crippen molar-refractivity contribution in [2.75, 3.05) is 11.5 Å². The van der Waals surface area contributed by atoms with Crippen LogP contribution in [0.25, 0.3) is 0 Å². The SMILES string of the molecule is Cc1ccc(Cn2nc(C)c(/C=N\NC(=O)C[C@@H]3CCS(=O)(=O)C3)c2C)cc1. The van der Waals surface area contributed by atoms with Crippen molar-refractivity contribution >= 4 is 22.0 Å². The first-order chi connectivity index (χ1) is 13.2. The van der Waals surface area contributed by atoms with E-state index in [0.29, 0.717) is 13.0 Å². The summed E-state index contributed by atoms with van der Waals surface area (Å²) in [5.74, 6) is -0.109. The molecule has 150 valence electrons. The molecular formula is C20H26N4O3S. The Balaban J connectivity index is 1.60. The summed E-state index contributed by atoms with van der Waals surface area (Å²) in [4.78, 5) is 12.0. The van der Waals surface area contributed by atoms with E-state index in [1.165, 1.54) is 11.1 Å². The van der Waals surface area contributed by atoms with E-state index in [4.69, 9.17) is 0 Å². The minimum atomic E-state index is -2.97. The molecule has 0 saturated carbocycles. The van der Waals surface area contributed by atoms with E-state index in [-0.39, 0.29) is 29.8 Å². The van der Waals surface area contributed by atoms with Gasteiger partial charge in [-0.1, -0.05) is 29.8 Å². The number of hydrazone groups is 1. The van der Waals surface area contributed by atoms with Gasteiger partial charge in [-0.25, -0.2) is 13.8 Å². The second kappa shape index (κ2) is 8.26. The van der Waals surface area contributed by atoms with Crippen LogP contribution in [0.2, 0.25) is 0 Å². The molecule has 0 radical (unpaired) electrons. The molecule has 2 aromatic rings. The lowest BCUT2D eigenvalue weighted by Gasteiger charge is -2.06. The number of hydrogen-bond acceptors (Lipinski definition) is 5. The third kappa shape index (κ3) is 5.07. The summed E-state index contributed by atoms with van der Waals surface area (Å²) in [6, 6.07) is 8.33. The monoisotopic (exact) mass is 402 g/mol. The maximum absolute atomic E-state index is 12.0. The number of carbonyl (C=O) groups excluding carboxylic acids is 1. The van der Waals surface area contributed by atoms with Crippen molar-refractivity contribution in [1.82, 2.24) is 15.2 Å². The number of nitrogens with zero attached hydrogens (tertiary/aromatic N) is 3. The van der Waals surface area contributed by atoms with Crippen LogP contribution in [-0.2, 0) is 21.2 Å². The molecule has 1 fully saturated rings. The van der Waals surface area contributed by atoms with Crippen LogP contribution >= 0.6 is 0 Å². The molecule has 0 bridgehead atoms. The highest BCUT2D eigenvalue weighted by Crippen LogP contribution is 2.21. The van der Waals surface area contributed by atoms with E-state index in [2.05, 4.69) is 46.8 Å². The van der Waals surface area contributed by atoms with E-state index in [0.717, 1.165) is 17.0 Å². The molecule has 7 nitrogen and oxygen atoms in total. The van der Waals surface area contributed by atoms with Gasteiger partial charge in [0.2, 0.25) is 5.91 Å². The minimum absolute atomic E-state index is 0.0914. The van der Waals surface area contributed by atoms with Gasteiger partial charge in [-0.3, -0.25) is 9.48 Å². The lowest BCUT2D eigenvalue weighted by atomic mass is 10.1. The van der Waals surface area contributed by atoms with E-state index in [1.807, 2.05) is 18.5 Å². The van der Waals surface area contributed by atoms with Crippen LogP contribution in [0, 0.1) is 26.7 Å². The molecule has 8 heteroatoms. The van der Waals surface area contributed by atoms with Gasteiger partial charge in [-0.2, -0.15) is 10.2 Å². The molecule has 1 atom stereocenters. The molecule has 1 aliphatic rings. The van der Waals surface area contributed by atoms with Gasteiger partial charge in [0.15, 0.2) is 9.84 Å². The summed E-state index contributed by atoms with van der Waals surface area (Å²) < 4.78 is 24.9. The van der Waals surface area contributed by atoms with Gasteiger partial charge in [-0.05, 0) is 38.7 Å². The number of carbonyl (C=O) groups is 1. The highest BCUT2D eigenvalue weighted by atomic mass is 32.2. The average Bonchev–Trinajstić information content (AvgIpc) is 3.09. The standard InChI is InChI=1S/C20H26N4O3S/c1-14-4-6-17(7-5-14)12-24-16(3)19(15(2)23-24)11-21-22-20(25)10-18-8-9-28(26,27)13-18/h4-7,11,18H,8-10,12-13H2,1-3H3,(H,22,25)/b21-11-/t18-/m0/s1. The fourth-order valence-corrected chi connectivity index (χ4v) is 5.29. The van der Waals surface area contributed by atoms with Crippen LogP contribution in [0.5, 0.6) is 0 Å². The molecule has 0 spiro atoms. The zero-order valence-electron chi connectivity index (χ0n) is 16.5. The number of amides is 1. The largest absolute Gasteiger partial charge is 0.273 e. The van der Waals surface area contributed by atoms with Crippen LogP contribution < -0.4 is 5.43 Å². The molecule has 3 rings (SSSR count). The number of aryl methyl sites for hydroxylation is 2. The lowest BCUT2D eigenvalue weighted by molar-refractivity contribution is -0.121. The first-order valence-corrected chi connectivity index (χ1v) is 11.2. The fraction of sp³-hybridized carbons (Fsp3) is 0.450. The van der Waals surface area contributed by atoms with Gasteiger partial charge < -0.3 is 0 Å². The topological polar surface area (TPSA) is 93.4 Å². The van der Waals surface area contributed by atoms with Crippen LogP contribution in [0.1, 0.15) is 40.9 Å². The number of aromatic nitrogens is 2. The molecule has 1 aromatic heterocycles. The Morgan fingerprint density at radius 1 is 1.29 bits per heavy atom. The van der Waals surface area contributed by atoms with Crippen LogP contribution in [0.3, 0.4) is 0 Å². The fourth-order valence-electron chi connectivity index (χ4n) is 3.43. The summed E-state index contributed by atoms with van der Waals surface area (Å²) in [6.45, 7) is 6.61. The summed E-state index contributed by atoms with van der Waals surface area (Å²) in [7, 11) is -2.97. The highest BCUT2D eigenvalue weighted by molar-refractivity contribution is 7.91. The number of nitrogens with one attached hydrogen (secondary N) is 1. The summed E-state index contributed by atoms with van der Waals surface area (Å²) in [6.07, 6.45) is 2.33. The van der Waals surface area contributed by atoms with E-state index in [1.54, 1.807) is 6.21 Å². The van der Waals surface area contributed by atoms with Gasteiger partial charge in [-0.15, -0.1) is 0 Å². The Labute approximate surface area is 165 Å². The Morgan fingerprint density at radius 2 is 2.00 bits per heavy atom. The zero-order valence-corrected chi connectivity index (χ0v) is 17.3. The smallest absolute Gasteiger partial charge is 0.240 e. The predicted molar refractivity (Wildman–Crippen MR) is 109 cm³/mol. The van der Waals surface area contributed by atoms with Crippen molar-refractivity contribution in [3.8, 4) is 0 Å². The van der Waals surface area contributed by atoms with Gasteiger partial charge in [0.1, 0.15) is 0 Å². The third-order valence-corrected chi connectivity index (χ3v) is 6.91. The normalized spacial score (nSPS) is 18.6. The second-order valence-electron chi connectivity index (χ2n) is 7.49. The van der Waals surface area contributed by atoms with Crippen molar-refractivity contribution in [2.45, 2.75) is 40.2 Å². The Kier molecular flexibility index (Phi) is 5.98. The maximum Gasteiger partial charge on any atom is 0.240 e. The Hall–Kier alpha value is -2.48. The first-order valence-electron chi connectivity index (χ1n) is 9.35. The second-order valence-corrected chi connectivity index (χ2v) is 9.72. The molecule has 1 aromatic carbocycles. The van der Waals surface area contributed by atoms with Crippen molar-refractivity contribution in [3.63, 3.8) is 0 Å². The summed E-state index contributed by atoms with van der Waals surface area (Å²) in [5, 5.41) is 8.62. The van der Waals surface area contributed by atoms with Gasteiger partial charge in [0.25, 0.3) is 0 Å². The number of benzene rings is 1. The third-order valence-electron chi connectivity index (χ3n) is 5.07. The van der Waals surface area contributed by atoms with Crippen molar-refractivity contribution < 1.29 is 13.2 Å². The predicted octanol–water partition coefficient (Wildman–Crippen LogP) is 2.13. The van der Waals surface area contributed by atoms with Crippen molar-refractivity contribution in [2.24, 2.45) is 11.0 Å². The minimum Gasteiger partial charge on any atom is -0.273 e. The zero-order chi connectivity index (χ0) is 20.3. The molecule has 1 amide bonds. The summed E-state index contributed by atoms with van der Waals surface area (Å²) in [5.41, 5.74) is 7.57. The van der Waals surface area contributed by atoms with E-state index >= 15 is 0 Å². The van der Waals surface area contributed by atoms with E-state index in [9.17, 15) is 13.2 Å². The lowest BCUT2D eigenvalue weighted by Crippen LogP contribution is -2.21. The number of rotatable bonds is 6. The maximum atomic E-state index is 12.0. The van der Waals surface area contributed by atoms with Crippen LogP contribution in [0.4, 0.5) is 0 Å². The van der Waals surface area contributed by atoms with Crippen molar-refractivity contribution in [3.05, 3.63) is 52.3 Å². The van der Waals surface area contributed by atoms with E-state index < -0.39 is 9.84 Å². The summed E-state index contributed by atoms with van der Waals surface area (Å²) >= 11 is 0. The van der Waals surface area contributed by atoms with Gasteiger partial charge in [0, 0.05) is 17.7 Å². The highest BCUT2D eigenvalue weighted by Gasteiger charge is 2.29. The molecule has 1 aliphatic heterocycles. The Bertz CT molecular complexity index is 991. The van der Waals surface area contributed by atoms with Gasteiger partial charge >= 0.3 is 0 Å². The molecule has 2 heterocycles. The van der Waals surface area contributed by atoms with Gasteiger partial charge in [0.05, 0.1) is 30.0 Å². The molecule has 1 N–H and O–H groups in total. The van der Waals surface area contributed by atoms with Crippen molar-refractivity contribution in [1.29, 1.82) is 0 Å². The molecule has 28 heavy (non-hydrogen) atoms.